The molecule has 0 aliphatic heterocycles. The van der Waals surface area contributed by atoms with E-state index in [1.54, 1.807) is 94.4 Å². The van der Waals surface area contributed by atoms with Crippen LogP contribution in [0.1, 0.15) is 36.9 Å². The number of ether oxygens (including phenoxy) is 1. The summed E-state index contributed by atoms with van der Waals surface area (Å²) in [4.78, 5) is 25.5. The zero-order chi connectivity index (χ0) is 32.3. The number of carbonyl (C=O) groups is 2. The summed E-state index contributed by atoms with van der Waals surface area (Å²) in [6.07, 6.45) is 0. The average molecular weight is 641 g/mol. The maximum Gasteiger partial charge on any atom is 0.329 e. The Hall–Kier alpha value is -4.20. The van der Waals surface area contributed by atoms with Crippen LogP contribution in [0.15, 0.2) is 71.1 Å². The monoisotopic (exact) mass is 640 g/mol. The van der Waals surface area contributed by atoms with Gasteiger partial charge in [-0.25, -0.2) is 13.2 Å². The van der Waals surface area contributed by atoms with Crippen LogP contribution < -0.4 is 13.9 Å². The maximum atomic E-state index is 13.2. The van der Waals surface area contributed by atoms with Crippen molar-refractivity contribution in [2.24, 2.45) is 5.92 Å². The van der Waals surface area contributed by atoms with Crippen LogP contribution in [0.5, 0.6) is 0 Å². The number of carbonyl (C=O) groups excluding carboxylic acids is 2. The largest absolute Gasteiger partial charge is 0.755 e. The summed E-state index contributed by atoms with van der Waals surface area (Å²) in [5.74, 6) is -1.47. The van der Waals surface area contributed by atoms with Gasteiger partial charge < -0.3 is 19.0 Å². The molecular formula is C31H34N3O8S2-. The van der Waals surface area contributed by atoms with Crippen molar-refractivity contribution in [1.29, 1.82) is 0 Å². The highest BCUT2D eigenvalue weighted by molar-refractivity contribution is 7.92. The highest BCUT2D eigenvalue weighted by Crippen LogP contribution is 2.35. The Labute approximate surface area is 259 Å². The Balaban J connectivity index is 1.55. The van der Waals surface area contributed by atoms with Crippen molar-refractivity contribution in [2.45, 2.75) is 33.7 Å². The van der Waals surface area contributed by atoms with Crippen molar-refractivity contribution in [3.8, 4) is 11.1 Å². The molecule has 2 atom stereocenters. The third-order valence-electron chi connectivity index (χ3n) is 7.34. The number of esters is 1. The molecule has 44 heavy (non-hydrogen) atoms. The lowest BCUT2D eigenvalue weighted by Crippen LogP contribution is -2.46. The van der Waals surface area contributed by atoms with Gasteiger partial charge in [-0.15, -0.1) is 0 Å². The smallest absolute Gasteiger partial charge is 0.329 e. The molecule has 1 amide bonds. The van der Waals surface area contributed by atoms with E-state index in [1.165, 1.54) is 18.5 Å². The fourth-order valence-electron chi connectivity index (χ4n) is 4.94. The van der Waals surface area contributed by atoms with E-state index in [0.717, 1.165) is 15.4 Å². The molecule has 1 heterocycles. The number of sulfonamides is 1. The number of aryl methyl sites for hydroxylation is 1. The summed E-state index contributed by atoms with van der Waals surface area (Å²) in [5.41, 5.74) is 3.76. The van der Waals surface area contributed by atoms with E-state index in [2.05, 4.69) is 5.32 Å². The molecule has 234 valence electrons. The number of furan rings is 1. The van der Waals surface area contributed by atoms with Crippen LogP contribution in [0, 0.1) is 12.8 Å². The van der Waals surface area contributed by atoms with Gasteiger partial charge in [-0.05, 0) is 67.3 Å². The number of hydrogen-bond acceptors (Lipinski definition) is 8. The highest BCUT2D eigenvalue weighted by atomic mass is 32.2. The lowest BCUT2D eigenvalue weighted by atomic mass is 10.0. The van der Waals surface area contributed by atoms with Crippen molar-refractivity contribution < 1.29 is 35.9 Å². The van der Waals surface area contributed by atoms with E-state index in [1.807, 2.05) is 0 Å². The highest BCUT2D eigenvalue weighted by Gasteiger charge is 2.31. The molecule has 0 radical (unpaired) electrons. The summed E-state index contributed by atoms with van der Waals surface area (Å²) in [5, 5.41) is 3.36. The van der Waals surface area contributed by atoms with E-state index in [9.17, 15) is 26.8 Å². The fourth-order valence-corrected chi connectivity index (χ4v) is 6.59. The number of methoxy groups -OCH3 is 1. The first kappa shape index (κ1) is 32.7. The number of anilines is 3. The molecule has 0 bridgehead atoms. The first-order chi connectivity index (χ1) is 20.8. The lowest BCUT2D eigenvalue weighted by molar-refractivity contribution is -0.143. The zero-order valence-electron chi connectivity index (χ0n) is 25.2. The van der Waals surface area contributed by atoms with Crippen LogP contribution in [0.2, 0.25) is 0 Å². The summed E-state index contributed by atoms with van der Waals surface area (Å²) >= 11 is -2.71. The van der Waals surface area contributed by atoms with Crippen LogP contribution in [-0.4, -0.2) is 55.0 Å². The van der Waals surface area contributed by atoms with Crippen molar-refractivity contribution in [2.75, 3.05) is 33.8 Å². The molecule has 0 aliphatic carbocycles. The predicted octanol–water partition coefficient (Wildman–Crippen LogP) is 5.24. The summed E-state index contributed by atoms with van der Waals surface area (Å²) in [6, 6.07) is 17.8. The Morgan fingerprint density at radius 1 is 1.02 bits per heavy atom. The van der Waals surface area contributed by atoms with Gasteiger partial charge in [-0.3, -0.25) is 17.6 Å². The molecular weight excluding hydrogens is 606 g/mol. The van der Waals surface area contributed by atoms with Gasteiger partial charge >= 0.3 is 5.97 Å². The zero-order valence-corrected chi connectivity index (χ0v) is 26.8. The van der Waals surface area contributed by atoms with Crippen molar-refractivity contribution in [1.82, 2.24) is 0 Å². The van der Waals surface area contributed by atoms with Gasteiger partial charge in [0.2, 0.25) is 10.0 Å². The molecule has 0 aliphatic rings. The molecule has 0 saturated carbocycles. The van der Waals surface area contributed by atoms with Gasteiger partial charge in [0.05, 0.1) is 18.6 Å². The number of amides is 1. The molecule has 0 fully saturated rings. The van der Waals surface area contributed by atoms with E-state index in [4.69, 9.17) is 9.15 Å². The third-order valence-corrected chi connectivity index (χ3v) is 9.86. The minimum atomic E-state index is -3.53. The minimum Gasteiger partial charge on any atom is -0.755 e. The molecule has 1 aromatic heterocycles. The van der Waals surface area contributed by atoms with E-state index >= 15 is 0 Å². The number of nitrogens with one attached hydrogen (secondary N) is 1. The van der Waals surface area contributed by atoms with Gasteiger partial charge in [-0.2, -0.15) is 0 Å². The molecule has 4 aromatic rings. The van der Waals surface area contributed by atoms with Gasteiger partial charge in [-0.1, -0.05) is 44.2 Å². The number of hydrogen-bond donors (Lipinski definition) is 1. The Kier molecular flexibility index (Phi) is 9.81. The van der Waals surface area contributed by atoms with Crippen LogP contribution in [0.3, 0.4) is 0 Å². The van der Waals surface area contributed by atoms with E-state index in [-0.39, 0.29) is 17.4 Å². The Morgan fingerprint density at radius 2 is 1.61 bits per heavy atom. The van der Waals surface area contributed by atoms with Crippen LogP contribution in [-0.2, 0) is 30.8 Å². The van der Waals surface area contributed by atoms with Crippen molar-refractivity contribution in [3.63, 3.8) is 0 Å². The quantitative estimate of drug-likeness (QED) is 0.173. The Bertz CT molecular complexity index is 1800. The second-order valence-corrected chi connectivity index (χ2v) is 13.5. The molecule has 0 spiro atoms. The van der Waals surface area contributed by atoms with Crippen LogP contribution >= 0.6 is 0 Å². The molecule has 13 heteroatoms. The molecule has 1 N–H and O–H groups in total. The first-order valence-corrected chi connectivity index (χ1v) is 16.4. The molecule has 0 saturated heterocycles. The fraction of sp³-hybridized carbons (Fsp3) is 0.290. The summed E-state index contributed by atoms with van der Waals surface area (Å²) in [6.45, 7) is 6.75. The van der Waals surface area contributed by atoms with Gasteiger partial charge in [0, 0.05) is 40.6 Å². The number of benzene rings is 3. The van der Waals surface area contributed by atoms with Gasteiger partial charge in [0.25, 0.3) is 5.91 Å². The SMILES string of the molecule is CCS(=O)(=O)N(C)c1cccc2oc(C(=O)Nc3ccc(-c4ccc(N(C(C(=O)OC)C(C)C)S(=O)[O-])cc4)cc3)c(C)c12. The predicted molar refractivity (Wildman–Crippen MR) is 171 cm³/mol. The topological polar surface area (TPSA) is 149 Å². The van der Waals surface area contributed by atoms with Gasteiger partial charge in [0.15, 0.2) is 5.76 Å². The normalized spacial score (nSPS) is 13.0. The third kappa shape index (κ3) is 6.49. The number of fused-ring (bicyclic) bond motifs is 1. The van der Waals surface area contributed by atoms with E-state index < -0.39 is 39.2 Å². The number of rotatable bonds is 11. The summed E-state index contributed by atoms with van der Waals surface area (Å²) in [7, 11) is -0.837. The average Bonchev–Trinajstić information content (AvgIpc) is 3.35. The summed E-state index contributed by atoms with van der Waals surface area (Å²) < 4.78 is 62.0. The second-order valence-electron chi connectivity index (χ2n) is 10.4. The second kappa shape index (κ2) is 13.2. The molecule has 4 rings (SSSR count). The molecule has 11 nitrogen and oxygen atoms in total. The lowest BCUT2D eigenvalue weighted by Gasteiger charge is -2.35. The number of nitrogens with zero attached hydrogens (tertiary/aromatic N) is 2. The van der Waals surface area contributed by atoms with Crippen LogP contribution in [0.4, 0.5) is 17.1 Å². The maximum absolute atomic E-state index is 13.2. The molecule has 2 unspecified atom stereocenters. The first-order valence-electron chi connectivity index (χ1n) is 13.8. The molecule has 3 aromatic carbocycles. The van der Waals surface area contributed by atoms with E-state index in [0.29, 0.717) is 33.6 Å². The van der Waals surface area contributed by atoms with Crippen molar-refractivity contribution in [3.05, 3.63) is 78.1 Å². The van der Waals surface area contributed by atoms with Gasteiger partial charge in [0.1, 0.15) is 11.6 Å². The Morgan fingerprint density at radius 3 is 2.14 bits per heavy atom. The van der Waals surface area contributed by atoms with Crippen LogP contribution in [0.25, 0.3) is 22.1 Å². The standard InChI is InChI=1S/C31H35N3O8S2/c1-7-44(39,40)33(5)25-9-8-10-26-27(25)20(4)29(42-26)30(35)32-23-15-11-21(12-16-23)22-13-17-24(18-14-22)34(43(37)38)28(19(2)3)31(36)41-6/h8-19,28H,7H2,1-6H3,(H,32,35)(H,37,38)/p-1. The minimum absolute atomic E-state index is 0.0707. The van der Waals surface area contributed by atoms with Crippen molar-refractivity contribution >= 4 is 61.2 Å².